The molecule has 3 aromatic heterocycles. The number of carbonyl (C=O) groups is 1. The van der Waals surface area contributed by atoms with E-state index in [4.69, 9.17) is 0 Å². The van der Waals surface area contributed by atoms with Crippen molar-refractivity contribution in [1.29, 1.82) is 0 Å². The van der Waals surface area contributed by atoms with Crippen LogP contribution >= 0.6 is 0 Å². The molecule has 7 heteroatoms. The predicted octanol–water partition coefficient (Wildman–Crippen LogP) is 3.27. The van der Waals surface area contributed by atoms with Crippen LogP contribution in [0, 0.1) is 6.92 Å². The number of rotatable bonds is 4. The van der Waals surface area contributed by atoms with Crippen LogP contribution in [-0.4, -0.2) is 43.8 Å². The number of hydrogen-bond acceptors (Lipinski definition) is 5. The number of H-pyrrole nitrogens is 1. The molecule has 0 bridgehead atoms. The van der Waals surface area contributed by atoms with Crippen LogP contribution in [0.25, 0.3) is 0 Å². The van der Waals surface area contributed by atoms with E-state index in [9.17, 15) is 4.79 Å². The minimum atomic E-state index is 0.00793. The lowest BCUT2D eigenvalue weighted by Crippen LogP contribution is -2.39. The summed E-state index contributed by atoms with van der Waals surface area (Å²) in [6, 6.07) is 9.94. The third-order valence-electron chi connectivity index (χ3n) is 4.84. The maximum Gasteiger partial charge on any atom is 0.271 e. The Bertz CT molecular complexity index is 924. The molecule has 1 atom stereocenters. The third-order valence-corrected chi connectivity index (χ3v) is 4.84. The molecule has 27 heavy (non-hydrogen) atoms. The summed E-state index contributed by atoms with van der Waals surface area (Å²) >= 11 is 0. The van der Waals surface area contributed by atoms with Crippen LogP contribution in [-0.2, 0) is 0 Å². The number of aromatic nitrogens is 4. The minimum absolute atomic E-state index is 0.00793. The first-order chi connectivity index (χ1) is 13.2. The quantitative estimate of drug-likeness (QED) is 0.744. The van der Waals surface area contributed by atoms with E-state index in [2.05, 4.69) is 31.3 Å². The Kier molecular flexibility index (Phi) is 4.82. The van der Waals surface area contributed by atoms with Crippen molar-refractivity contribution >= 4 is 17.5 Å². The average molecular weight is 362 g/mol. The number of piperidine rings is 1. The van der Waals surface area contributed by atoms with E-state index < -0.39 is 0 Å². The highest BCUT2D eigenvalue weighted by molar-refractivity contribution is 5.92. The van der Waals surface area contributed by atoms with Crippen LogP contribution in [0.4, 0.5) is 11.6 Å². The number of imidazole rings is 1. The number of amides is 1. The zero-order valence-electron chi connectivity index (χ0n) is 15.2. The van der Waals surface area contributed by atoms with Crippen LogP contribution in [0.5, 0.6) is 0 Å². The molecule has 1 saturated heterocycles. The molecule has 0 aromatic carbocycles. The average Bonchev–Trinajstić information content (AvgIpc) is 3.23. The highest BCUT2D eigenvalue weighted by atomic mass is 16.2. The molecule has 1 amide bonds. The van der Waals surface area contributed by atoms with E-state index in [1.165, 1.54) is 11.9 Å². The molecule has 1 fully saturated rings. The van der Waals surface area contributed by atoms with E-state index in [1.807, 2.05) is 42.3 Å². The Balaban J connectivity index is 1.48. The maximum absolute atomic E-state index is 12.6. The van der Waals surface area contributed by atoms with Gasteiger partial charge in [-0.25, -0.2) is 15.0 Å². The van der Waals surface area contributed by atoms with Crippen LogP contribution in [0.1, 0.15) is 40.5 Å². The molecule has 4 heterocycles. The lowest BCUT2D eigenvalue weighted by Gasteiger charge is -2.32. The van der Waals surface area contributed by atoms with Crippen molar-refractivity contribution in [1.82, 2.24) is 24.8 Å². The summed E-state index contributed by atoms with van der Waals surface area (Å²) in [5.74, 6) is 1.84. The zero-order valence-corrected chi connectivity index (χ0v) is 15.2. The number of nitrogens with one attached hydrogen (secondary N) is 2. The van der Waals surface area contributed by atoms with E-state index in [-0.39, 0.29) is 5.91 Å². The van der Waals surface area contributed by atoms with Gasteiger partial charge in [-0.05, 0) is 49.6 Å². The van der Waals surface area contributed by atoms with Gasteiger partial charge in [-0.3, -0.25) is 4.79 Å². The smallest absolute Gasteiger partial charge is 0.271 e. The van der Waals surface area contributed by atoms with Gasteiger partial charge in [0.25, 0.3) is 5.91 Å². The largest absolute Gasteiger partial charge is 0.341 e. The van der Waals surface area contributed by atoms with Gasteiger partial charge in [0.2, 0.25) is 0 Å². The van der Waals surface area contributed by atoms with Gasteiger partial charge in [0.1, 0.15) is 17.3 Å². The number of likely N-dealkylation sites (tertiary alicyclic amines) is 1. The summed E-state index contributed by atoms with van der Waals surface area (Å²) in [6.45, 7) is 3.43. The van der Waals surface area contributed by atoms with Crippen molar-refractivity contribution in [2.75, 3.05) is 18.4 Å². The van der Waals surface area contributed by atoms with Crippen LogP contribution in [0.2, 0.25) is 0 Å². The number of nitrogens with zero attached hydrogens (tertiary/aromatic N) is 4. The second-order valence-corrected chi connectivity index (χ2v) is 6.82. The number of pyridine rings is 2. The van der Waals surface area contributed by atoms with Crippen molar-refractivity contribution in [2.45, 2.75) is 25.7 Å². The van der Waals surface area contributed by atoms with Gasteiger partial charge >= 0.3 is 0 Å². The molecule has 3 aromatic rings. The summed E-state index contributed by atoms with van der Waals surface area (Å²) in [5.41, 5.74) is 2.68. The number of carbonyl (C=O) groups excluding carboxylic acids is 1. The van der Waals surface area contributed by atoms with Crippen LogP contribution in [0.3, 0.4) is 0 Å². The first-order valence-electron chi connectivity index (χ1n) is 9.13. The first kappa shape index (κ1) is 17.2. The van der Waals surface area contributed by atoms with Gasteiger partial charge in [0, 0.05) is 30.9 Å². The van der Waals surface area contributed by atoms with Crippen molar-refractivity contribution in [3.8, 4) is 0 Å². The summed E-state index contributed by atoms with van der Waals surface area (Å²) in [6.07, 6.45) is 6.96. The molecule has 1 unspecified atom stereocenters. The number of aryl methyl sites for hydroxylation is 1. The summed E-state index contributed by atoms with van der Waals surface area (Å²) < 4.78 is 0. The summed E-state index contributed by atoms with van der Waals surface area (Å²) in [7, 11) is 0. The van der Waals surface area contributed by atoms with Gasteiger partial charge in [-0.2, -0.15) is 0 Å². The monoisotopic (exact) mass is 362 g/mol. The van der Waals surface area contributed by atoms with Crippen molar-refractivity contribution < 1.29 is 4.79 Å². The van der Waals surface area contributed by atoms with Crippen molar-refractivity contribution in [2.24, 2.45) is 0 Å². The molecule has 1 aliphatic heterocycles. The predicted molar refractivity (Wildman–Crippen MR) is 103 cm³/mol. The lowest BCUT2D eigenvalue weighted by molar-refractivity contribution is 0.0702. The molecule has 138 valence electrons. The fraction of sp³-hybridized carbons (Fsp3) is 0.300. The third kappa shape index (κ3) is 3.97. The molecule has 7 nitrogen and oxygen atoms in total. The molecule has 0 spiro atoms. The maximum atomic E-state index is 12.6. The molecule has 0 radical (unpaired) electrons. The molecule has 1 aliphatic rings. The topological polar surface area (TPSA) is 86.8 Å². The highest BCUT2D eigenvalue weighted by Gasteiger charge is 2.26. The molecule has 0 saturated carbocycles. The summed E-state index contributed by atoms with van der Waals surface area (Å²) in [5, 5.41) is 3.26. The van der Waals surface area contributed by atoms with Crippen molar-refractivity contribution in [3.05, 3.63) is 66.0 Å². The Labute approximate surface area is 157 Å². The van der Waals surface area contributed by atoms with Crippen LogP contribution in [0.15, 0.2) is 49.1 Å². The van der Waals surface area contributed by atoms with Crippen molar-refractivity contribution in [3.63, 3.8) is 0 Å². The lowest BCUT2D eigenvalue weighted by atomic mass is 9.91. The normalized spacial score (nSPS) is 16.9. The Hall–Kier alpha value is -3.22. The van der Waals surface area contributed by atoms with Gasteiger partial charge in [-0.1, -0.05) is 6.07 Å². The van der Waals surface area contributed by atoms with Gasteiger partial charge in [0.05, 0.1) is 12.5 Å². The summed E-state index contributed by atoms with van der Waals surface area (Å²) in [4.78, 5) is 30.2. The number of anilines is 2. The molecular formula is C20H22N6O. The molecule has 2 N–H and O–H groups in total. The SMILES string of the molecule is Cc1cccc(Nc2cc(C3CCCN(C(=O)c4cnc[nH]4)C3)ccn2)n1. The van der Waals surface area contributed by atoms with E-state index in [0.29, 0.717) is 18.2 Å². The first-order valence-corrected chi connectivity index (χ1v) is 9.13. The Morgan fingerprint density at radius 3 is 3.04 bits per heavy atom. The Morgan fingerprint density at radius 1 is 1.30 bits per heavy atom. The number of hydrogen-bond donors (Lipinski definition) is 2. The van der Waals surface area contributed by atoms with E-state index in [0.717, 1.165) is 36.7 Å². The fourth-order valence-corrected chi connectivity index (χ4v) is 3.49. The van der Waals surface area contributed by atoms with Gasteiger partial charge in [-0.15, -0.1) is 0 Å². The highest BCUT2D eigenvalue weighted by Crippen LogP contribution is 2.29. The second-order valence-electron chi connectivity index (χ2n) is 6.82. The zero-order chi connectivity index (χ0) is 18.6. The second kappa shape index (κ2) is 7.57. The number of aromatic amines is 1. The van der Waals surface area contributed by atoms with Gasteiger partial charge < -0.3 is 15.2 Å². The van der Waals surface area contributed by atoms with E-state index >= 15 is 0 Å². The molecular weight excluding hydrogens is 340 g/mol. The minimum Gasteiger partial charge on any atom is -0.341 e. The van der Waals surface area contributed by atoms with Gasteiger partial charge in [0.15, 0.2) is 0 Å². The van der Waals surface area contributed by atoms with Crippen LogP contribution < -0.4 is 5.32 Å². The standard InChI is InChI=1S/C20H22N6O/c1-14-4-2-6-18(24-14)25-19-10-15(7-8-22-19)16-5-3-9-26(12-16)20(27)17-11-21-13-23-17/h2,4,6-8,10-11,13,16H,3,5,9,12H2,1H3,(H,21,23)(H,22,24,25). The molecule has 4 rings (SSSR count). The fourth-order valence-electron chi connectivity index (χ4n) is 3.49. The Morgan fingerprint density at radius 2 is 2.22 bits per heavy atom. The van der Waals surface area contributed by atoms with E-state index in [1.54, 1.807) is 6.20 Å². The molecule has 0 aliphatic carbocycles.